The zero-order valence-corrected chi connectivity index (χ0v) is 11.1. The molecule has 2 aromatic rings. The topological polar surface area (TPSA) is 88.3 Å². The molecule has 1 aromatic heterocycles. The number of para-hydroxylation sites is 1. The number of carbonyl (C=O) groups excluding carboxylic acids is 1. The van der Waals surface area contributed by atoms with E-state index in [1.807, 2.05) is 31.2 Å². The van der Waals surface area contributed by atoms with Crippen molar-refractivity contribution in [3.05, 3.63) is 41.7 Å². The molecule has 0 atom stereocenters. The van der Waals surface area contributed by atoms with Gasteiger partial charge in [0.15, 0.2) is 5.69 Å². The van der Waals surface area contributed by atoms with Gasteiger partial charge in [-0.2, -0.15) is 0 Å². The molecule has 1 N–H and O–H groups in total. The van der Waals surface area contributed by atoms with Crippen molar-refractivity contribution >= 4 is 17.6 Å². The highest BCUT2D eigenvalue weighted by molar-refractivity contribution is 5.93. The Balaban J connectivity index is 2.11. The minimum Gasteiger partial charge on any atom is -0.476 e. The quantitative estimate of drug-likeness (QED) is 0.896. The number of nitrogens with zero attached hydrogens (tertiary/aromatic N) is 4. The number of aromatic carboxylic acids is 1. The van der Waals surface area contributed by atoms with Crippen molar-refractivity contribution in [1.82, 2.24) is 15.0 Å². The molecule has 0 aliphatic carbocycles. The number of benzene rings is 1. The number of amides is 1. The van der Waals surface area contributed by atoms with E-state index >= 15 is 0 Å². The second-order valence-corrected chi connectivity index (χ2v) is 4.35. The molecule has 0 fully saturated rings. The molecule has 104 valence electrons. The monoisotopic (exact) mass is 274 g/mol. The van der Waals surface area contributed by atoms with Gasteiger partial charge in [0.25, 0.3) is 0 Å². The Labute approximate surface area is 115 Å². The van der Waals surface area contributed by atoms with Gasteiger partial charge in [0.05, 0.1) is 6.20 Å². The summed E-state index contributed by atoms with van der Waals surface area (Å²) in [6.45, 7) is 1.85. The first-order chi connectivity index (χ1) is 9.49. The Morgan fingerprint density at radius 3 is 2.65 bits per heavy atom. The van der Waals surface area contributed by atoms with Crippen LogP contribution in [0.4, 0.5) is 5.69 Å². The normalized spacial score (nSPS) is 10.3. The second-order valence-electron chi connectivity index (χ2n) is 4.35. The van der Waals surface area contributed by atoms with Gasteiger partial charge in [-0.3, -0.25) is 4.79 Å². The molecule has 0 saturated carbocycles. The van der Waals surface area contributed by atoms with Crippen LogP contribution < -0.4 is 4.90 Å². The van der Waals surface area contributed by atoms with E-state index in [0.29, 0.717) is 0 Å². The van der Waals surface area contributed by atoms with Gasteiger partial charge in [0.1, 0.15) is 6.54 Å². The van der Waals surface area contributed by atoms with E-state index < -0.39 is 5.97 Å². The maximum Gasteiger partial charge on any atom is 0.358 e. The predicted molar refractivity (Wildman–Crippen MR) is 71.6 cm³/mol. The lowest BCUT2D eigenvalue weighted by Gasteiger charge is -2.19. The largest absolute Gasteiger partial charge is 0.476 e. The highest BCUT2D eigenvalue weighted by Crippen LogP contribution is 2.18. The average molecular weight is 274 g/mol. The molecule has 1 aromatic carbocycles. The highest BCUT2D eigenvalue weighted by atomic mass is 16.4. The van der Waals surface area contributed by atoms with Crippen LogP contribution in [0.3, 0.4) is 0 Å². The Hall–Kier alpha value is -2.70. The molecule has 0 aliphatic rings. The maximum atomic E-state index is 12.1. The summed E-state index contributed by atoms with van der Waals surface area (Å²) in [4.78, 5) is 24.3. The minimum absolute atomic E-state index is 0.0644. The lowest BCUT2D eigenvalue weighted by molar-refractivity contribution is -0.119. The minimum atomic E-state index is -1.17. The van der Waals surface area contributed by atoms with Gasteiger partial charge in [0.2, 0.25) is 5.91 Å². The number of hydrogen-bond donors (Lipinski definition) is 1. The Morgan fingerprint density at radius 1 is 1.35 bits per heavy atom. The third kappa shape index (κ3) is 2.82. The molecule has 0 unspecified atom stereocenters. The zero-order valence-electron chi connectivity index (χ0n) is 11.1. The second kappa shape index (κ2) is 5.52. The molecule has 0 aliphatic heterocycles. The zero-order chi connectivity index (χ0) is 14.7. The number of anilines is 1. The van der Waals surface area contributed by atoms with Gasteiger partial charge in [-0.15, -0.1) is 5.10 Å². The van der Waals surface area contributed by atoms with E-state index in [4.69, 9.17) is 5.11 Å². The smallest absolute Gasteiger partial charge is 0.358 e. The van der Waals surface area contributed by atoms with Crippen molar-refractivity contribution in [3.8, 4) is 0 Å². The van der Waals surface area contributed by atoms with Crippen LogP contribution in [0, 0.1) is 6.92 Å². The van der Waals surface area contributed by atoms with Crippen LogP contribution in [0.1, 0.15) is 16.1 Å². The van der Waals surface area contributed by atoms with Crippen LogP contribution in [0.2, 0.25) is 0 Å². The Bertz CT molecular complexity index is 651. The molecular formula is C13H14N4O3. The maximum absolute atomic E-state index is 12.1. The van der Waals surface area contributed by atoms with E-state index in [1.54, 1.807) is 7.05 Å². The van der Waals surface area contributed by atoms with E-state index in [-0.39, 0.29) is 18.1 Å². The molecule has 2 rings (SSSR count). The number of likely N-dealkylation sites (N-methyl/N-ethyl adjacent to an activating group) is 1. The fourth-order valence-electron chi connectivity index (χ4n) is 1.79. The first-order valence-corrected chi connectivity index (χ1v) is 5.94. The first kappa shape index (κ1) is 13.7. The first-order valence-electron chi connectivity index (χ1n) is 5.94. The third-order valence-corrected chi connectivity index (χ3v) is 2.91. The number of carboxylic acid groups (broad SMARTS) is 1. The van der Waals surface area contributed by atoms with Gasteiger partial charge in [-0.25, -0.2) is 9.48 Å². The molecule has 1 heterocycles. The van der Waals surface area contributed by atoms with Gasteiger partial charge in [0, 0.05) is 12.7 Å². The van der Waals surface area contributed by atoms with Gasteiger partial charge in [-0.1, -0.05) is 23.4 Å². The average Bonchev–Trinajstić information content (AvgIpc) is 2.87. The molecule has 7 heteroatoms. The predicted octanol–water partition coefficient (Wildman–Crippen LogP) is 0.948. The van der Waals surface area contributed by atoms with Crippen LogP contribution >= 0.6 is 0 Å². The number of aryl methyl sites for hydroxylation is 1. The van der Waals surface area contributed by atoms with Crippen LogP contribution in [-0.4, -0.2) is 39.0 Å². The number of hydrogen-bond acceptors (Lipinski definition) is 4. The summed E-state index contributed by atoms with van der Waals surface area (Å²) in [7, 11) is 1.67. The van der Waals surface area contributed by atoms with Gasteiger partial charge >= 0.3 is 5.97 Å². The molecule has 20 heavy (non-hydrogen) atoms. The van der Waals surface area contributed by atoms with Crippen LogP contribution in [0.15, 0.2) is 30.5 Å². The molecule has 0 radical (unpaired) electrons. The number of carbonyl (C=O) groups is 2. The van der Waals surface area contributed by atoms with E-state index in [2.05, 4.69) is 10.3 Å². The van der Waals surface area contributed by atoms with Crippen molar-refractivity contribution in [2.75, 3.05) is 11.9 Å². The van der Waals surface area contributed by atoms with Crippen LogP contribution in [0.5, 0.6) is 0 Å². The summed E-state index contributed by atoms with van der Waals surface area (Å²) < 4.78 is 1.21. The van der Waals surface area contributed by atoms with E-state index in [9.17, 15) is 9.59 Å². The van der Waals surface area contributed by atoms with Crippen molar-refractivity contribution < 1.29 is 14.7 Å². The fourth-order valence-corrected chi connectivity index (χ4v) is 1.79. The summed E-state index contributed by atoms with van der Waals surface area (Å²) in [5.41, 5.74) is 1.60. The SMILES string of the molecule is Cc1ccccc1N(C)C(=O)Cn1cc(C(=O)O)nn1. The molecular weight excluding hydrogens is 260 g/mol. The van der Waals surface area contributed by atoms with E-state index in [1.165, 1.54) is 15.8 Å². The summed E-state index contributed by atoms with van der Waals surface area (Å²) in [5, 5.41) is 15.8. The van der Waals surface area contributed by atoms with Crippen molar-refractivity contribution in [2.45, 2.75) is 13.5 Å². The summed E-state index contributed by atoms with van der Waals surface area (Å²) in [6, 6.07) is 7.51. The number of carboxylic acids is 1. The number of aromatic nitrogens is 3. The van der Waals surface area contributed by atoms with Crippen molar-refractivity contribution in [3.63, 3.8) is 0 Å². The van der Waals surface area contributed by atoms with Crippen molar-refractivity contribution in [1.29, 1.82) is 0 Å². The molecule has 0 bridgehead atoms. The summed E-state index contributed by atoms with van der Waals surface area (Å²) >= 11 is 0. The summed E-state index contributed by atoms with van der Waals surface area (Å²) in [6.07, 6.45) is 1.23. The molecule has 0 saturated heterocycles. The van der Waals surface area contributed by atoms with Gasteiger partial charge in [-0.05, 0) is 18.6 Å². The third-order valence-electron chi connectivity index (χ3n) is 2.91. The Morgan fingerprint density at radius 2 is 2.05 bits per heavy atom. The highest BCUT2D eigenvalue weighted by Gasteiger charge is 2.15. The Kier molecular flexibility index (Phi) is 3.79. The number of rotatable bonds is 4. The van der Waals surface area contributed by atoms with Gasteiger partial charge < -0.3 is 10.0 Å². The van der Waals surface area contributed by atoms with E-state index in [0.717, 1.165) is 11.3 Å². The molecule has 1 amide bonds. The van der Waals surface area contributed by atoms with Crippen LogP contribution in [0.25, 0.3) is 0 Å². The fraction of sp³-hybridized carbons (Fsp3) is 0.231. The molecule has 0 spiro atoms. The lowest BCUT2D eigenvalue weighted by atomic mass is 10.2. The summed E-state index contributed by atoms with van der Waals surface area (Å²) in [5.74, 6) is -1.38. The van der Waals surface area contributed by atoms with Crippen LogP contribution in [-0.2, 0) is 11.3 Å². The molecule has 7 nitrogen and oxygen atoms in total. The van der Waals surface area contributed by atoms with Crippen molar-refractivity contribution in [2.24, 2.45) is 0 Å². The lowest BCUT2D eigenvalue weighted by Crippen LogP contribution is -2.30. The standard InChI is InChI=1S/C13H14N4O3/c1-9-5-3-4-6-11(9)16(2)12(18)8-17-7-10(13(19)20)14-15-17/h3-7H,8H2,1-2H3,(H,19,20).